The maximum absolute atomic E-state index is 11.6. The van der Waals surface area contributed by atoms with Crippen LogP contribution in [-0.4, -0.2) is 28.3 Å². The Morgan fingerprint density at radius 2 is 1.94 bits per heavy atom. The van der Waals surface area contributed by atoms with Gasteiger partial charge in [0.05, 0.1) is 12.1 Å². The Morgan fingerprint density at radius 1 is 1.38 bits per heavy atom. The van der Waals surface area contributed by atoms with Crippen LogP contribution in [0, 0.1) is 0 Å². The highest BCUT2D eigenvalue weighted by molar-refractivity contribution is 5.82. The zero-order valence-corrected chi connectivity index (χ0v) is 9.47. The average Bonchev–Trinajstić information content (AvgIpc) is 2.28. The molecule has 0 unspecified atom stereocenters. The lowest BCUT2D eigenvalue weighted by Crippen LogP contribution is -2.48. The van der Waals surface area contributed by atoms with E-state index < -0.39 is 17.6 Å². The van der Waals surface area contributed by atoms with Crippen LogP contribution in [0.2, 0.25) is 0 Å². The summed E-state index contributed by atoms with van der Waals surface area (Å²) < 4.78 is 0. The van der Waals surface area contributed by atoms with Gasteiger partial charge >= 0.3 is 0 Å². The molecule has 1 atom stereocenters. The largest absolute Gasteiger partial charge is 0.394 e. The van der Waals surface area contributed by atoms with Crippen LogP contribution in [0.15, 0.2) is 30.3 Å². The summed E-state index contributed by atoms with van der Waals surface area (Å²) in [4.78, 5) is 11.6. The summed E-state index contributed by atoms with van der Waals surface area (Å²) in [6, 6.07) is 8.67. The monoisotopic (exact) mass is 223 g/mol. The van der Waals surface area contributed by atoms with E-state index in [2.05, 4.69) is 5.32 Å². The molecular weight excluding hydrogens is 206 g/mol. The van der Waals surface area contributed by atoms with Crippen molar-refractivity contribution >= 4 is 5.91 Å². The van der Waals surface area contributed by atoms with Crippen LogP contribution < -0.4 is 5.32 Å². The van der Waals surface area contributed by atoms with Crippen molar-refractivity contribution in [2.75, 3.05) is 6.61 Å². The molecule has 3 N–H and O–H groups in total. The van der Waals surface area contributed by atoms with E-state index in [9.17, 15) is 9.90 Å². The van der Waals surface area contributed by atoms with Gasteiger partial charge in [-0.1, -0.05) is 30.3 Å². The highest BCUT2D eigenvalue weighted by Crippen LogP contribution is 2.13. The number of hydrogen-bond donors (Lipinski definition) is 3. The van der Waals surface area contributed by atoms with Crippen molar-refractivity contribution in [3.63, 3.8) is 0 Å². The Bertz CT molecular complexity index is 349. The van der Waals surface area contributed by atoms with Crippen LogP contribution in [0.1, 0.15) is 25.5 Å². The van der Waals surface area contributed by atoms with Gasteiger partial charge in [-0.3, -0.25) is 4.79 Å². The van der Waals surface area contributed by atoms with Crippen molar-refractivity contribution in [1.82, 2.24) is 5.32 Å². The normalized spacial score (nSPS) is 13.2. The molecule has 0 heterocycles. The predicted octanol–water partition coefficient (Wildman–Crippen LogP) is 0.607. The lowest BCUT2D eigenvalue weighted by Gasteiger charge is -2.25. The van der Waals surface area contributed by atoms with Crippen molar-refractivity contribution in [2.24, 2.45) is 0 Å². The summed E-state index contributed by atoms with van der Waals surface area (Å²) in [5.74, 6) is -0.509. The Balaban J connectivity index is 2.69. The molecule has 0 aliphatic carbocycles. The first-order valence-electron chi connectivity index (χ1n) is 5.12. The van der Waals surface area contributed by atoms with Crippen molar-refractivity contribution in [1.29, 1.82) is 0 Å². The number of carbonyl (C=O) groups is 1. The summed E-state index contributed by atoms with van der Waals surface area (Å²) >= 11 is 0. The molecule has 0 aliphatic rings. The molecule has 0 bridgehead atoms. The van der Waals surface area contributed by atoms with Gasteiger partial charge in [-0.15, -0.1) is 0 Å². The van der Waals surface area contributed by atoms with Gasteiger partial charge in [0.25, 0.3) is 5.91 Å². The number of nitrogens with one attached hydrogen (secondary N) is 1. The smallest absolute Gasteiger partial charge is 0.253 e. The summed E-state index contributed by atoms with van der Waals surface area (Å²) in [7, 11) is 0. The molecule has 16 heavy (non-hydrogen) atoms. The fourth-order valence-electron chi connectivity index (χ4n) is 1.23. The van der Waals surface area contributed by atoms with E-state index in [-0.39, 0.29) is 6.61 Å². The molecule has 0 spiro atoms. The van der Waals surface area contributed by atoms with Crippen LogP contribution in [0.5, 0.6) is 0 Å². The maximum atomic E-state index is 11.6. The summed E-state index contributed by atoms with van der Waals surface area (Å²) in [5.41, 5.74) is -0.193. The van der Waals surface area contributed by atoms with Crippen molar-refractivity contribution in [3.05, 3.63) is 35.9 Å². The molecule has 4 heteroatoms. The van der Waals surface area contributed by atoms with Crippen LogP contribution >= 0.6 is 0 Å². The Kier molecular flexibility index (Phi) is 4.04. The van der Waals surface area contributed by atoms with Crippen LogP contribution in [-0.2, 0) is 4.79 Å². The first-order valence-corrected chi connectivity index (χ1v) is 5.12. The highest BCUT2D eigenvalue weighted by Gasteiger charge is 2.24. The molecule has 1 rings (SSSR count). The van der Waals surface area contributed by atoms with E-state index in [0.29, 0.717) is 5.56 Å². The summed E-state index contributed by atoms with van der Waals surface area (Å²) in [6.07, 6.45) is -1.20. The third-order valence-electron chi connectivity index (χ3n) is 2.22. The second kappa shape index (κ2) is 5.09. The van der Waals surface area contributed by atoms with Crippen LogP contribution in [0.25, 0.3) is 0 Å². The lowest BCUT2D eigenvalue weighted by molar-refractivity contribution is -0.131. The number of rotatable bonds is 4. The van der Waals surface area contributed by atoms with Crippen LogP contribution in [0.3, 0.4) is 0 Å². The Hall–Kier alpha value is -1.39. The Morgan fingerprint density at radius 3 is 2.44 bits per heavy atom. The summed E-state index contributed by atoms with van der Waals surface area (Å²) in [6.45, 7) is 3.19. The SMILES string of the molecule is CC(C)(CO)NC(=O)[C@@H](O)c1ccccc1. The lowest BCUT2D eigenvalue weighted by atomic mass is 10.0. The topological polar surface area (TPSA) is 69.6 Å². The van der Waals surface area contributed by atoms with E-state index in [1.807, 2.05) is 6.07 Å². The zero-order valence-electron chi connectivity index (χ0n) is 9.47. The van der Waals surface area contributed by atoms with E-state index in [1.165, 1.54) is 0 Å². The van der Waals surface area contributed by atoms with Gasteiger partial charge < -0.3 is 15.5 Å². The molecule has 0 aliphatic heterocycles. The molecule has 0 fully saturated rings. The first-order chi connectivity index (χ1) is 7.46. The quantitative estimate of drug-likeness (QED) is 0.700. The third-order valence-corrected chi connectivity index (χ3v) is 2.22. The molecule has 0 saturated carbocycles. The number of aliphatic hydroxyl groups is 2. The van der Waals surface area contributed by atoms with E-state index in [4.69, 9.17) is 5.11 Å². The van der Waals surface area contributed by atoms with Gasteiger partial charge in [-0.25, -0.2) is 0 Å². The Labute approximate surface area is 94.9 Å². The van der Waals surface area contributed by atoms with Gasteiger partial charge in [0, 0.05) is 0 Å². The zero-order chi connectivity index (χ0) is 12.2. The second-order valence-electron chi connectivity index (χ2n) is 4.34. The molecule has 1 aromatic carbocycles. The maximum Gasteiger partial charge on any atom is 0.253 e. The van der Waals surface area contributed by atoms with Crippen LogP contribution in [0.4, 0.5) is 0 Å². The fraction of sp³-hybridized carbons (Fsp3) is 0.417. The molecule has 0 radical (unpaired) electrons. The van der Waals surface area contributed by atoms with Gasteiger partial charge in [-0.05, 0) is 19.4 Å². The fourth-order valence-corrected chi connectivity index (χ4v) is 1.23. The molecule has 0 saturated heterocycles. The molecule has 1 amide bonds. The predicted molar refractivity (Wildman–Crippen MR) is 60.7 cm³/mol. The van der Waals surface area contributed by atoms with Gasteiger partial charge in [0.15, 0.2) is 6.10 Å². The summed E-state index contributed by atoms with van der Waals surface area (Å²) in [5, 5.41) is 21.3. The number of carbonyl (C=O) groups excluding carboxylic acids is 1. The molecule has 1 aromatic rings. The number of hydrogen-bond acceptors (Lipinski definition) is 3. The van der Waals surface area contributed by atoms with E-state index in [0.717, 1.165) is 0 Å². The molecule has 88 valence electrons. The van der Waals surface area contributed by atoms with E-state index >= 15 is 0 Å². The van der Waals surface area contributed by atoms with Gasteiger partial charge in [0.1, 0.15) is 0 Å². The molecule has 4 nitrogen and oxygen atoms in total. The van der Waals surface area contributed by atoms with E-state index in [1.54, 1.807) is 38.1 Å². The minimum atomic E-state index is -1.20. The number of aliphatic hydroxyl groups excluding tert-OH is 2. The van der Waals surface area contributed by atoms with Crippen molar-refractivity contribution in [2.45, 2.75) is 25.5 Å². The van der Waals surface area contributed by atoms with Crippen molar-refractivity contribution in [3.8, 4) is 0 Å². The first kappa shape index (κ1) is 12.7. The van der Waals surface area contributed by atoms with Crippen molar-refractivity contribution < 1.29 is 15.0 Å². The second-order valence-corrected chi connectivity index (χ2v) is 4.34. The average molecular weight is 223 g/mol. The minimum Gasteiger partial charge on any atom is -0.394 e. The number of benzene rings is 1. The highest BCUT2D eigenvalue weighted by atomic mass is 16.3. The molecule has 0 aromatic heterocycles. The third kappa shape index (κ3) is 3.32. The standard InChI is InChI=1S/C12H17NO3/c1-12(2,8-14)13-11(16)10(15)9-6-4-3-5-7-9/h3-7,10,14-15H,8H2,1-2H3,(H,13,16)/t10-/m0/s1. The van der Waals surface area contributed by atoms with Gasteiger partial charge in [-0.2, -0.15) is 0 Å². The van der Waals surface area contributed by atoms with Gasteiger partial charge in [0.2, 0.25) is 0 Å². The minimum absolute atomic E-state index is 0.180. The number of amides is 1. The molecular formula is C12H17NO3.